The molecule has 0 aromatic heterocycles. The van der Waals surface area contributed by atoms with Crippen molar-refractivity contribution in [1.29, 1.82) is 0 Å². The molecule has 10 heteroatoms. The number of rotatable bonds is 4. The smallest absolute Gasteiger partial charge is 0.263 e. The highest BCUT2D eigenvalue weighted by atomic mass is 79.9. The number of benzene rings is 2. The molecule has 1 saturated heterocycles. The fourth-order valence-electron chi connectivity index (χ4n) is 3.26. The Bertz CT molecular complexity index is 1040. The van der Waals surface area contributed by atoms with Gasteiger partial charge in [-0.05, 0) is 48.9 Å². The minimum absolute atomic E-state index is 0.234. The number of hydrogen-bond acceptors (Lipinski definition) is 6. The topological polar surface area (TPSA) is 94.4 Å². The van der Waals surface area contributed by atoms with Gasteiger partial charge in [0.05, 0.1) is 16.4 Å². The van der Waals surface area contributed by atoms with Crippen molar-refractivity contribution < 1.29 is 14.4 Å². The van der Waals surface area contributed by atoms with Gasteiger partial charge in [0.15, 0.2) is 12.1 Å². The molecule has 2 heterocycles. The first kappa shape index (κ1) is 19.5. The largest absolute Gasteiger partial charge is 0.323 e. The van der Waals surface area contributed by atoms with Crippen LogP contribution in [-0.4, -0.2) is 41.4 Å². The maximum absolute atomic E-state index is 12.9. The second-order valence-electron chi connectivity index (χ2n) is 6.71. The van der Waals surface area contributed by atoms with Crippen LogP contribution in [0.1, 0.15) is 5.56 Å². The zero-order valence-corrected chi connectivity index (χ0v) is 17.5. The van der Waals surface area contributed by atoms with Crippen LogP contribution < -0.4 is 10.2 Å². The Balaban J connectivity index is 1.49. The van der Waals surface area contributed by atoms with Gasteiger partial charge < -0.3 is 5.32 Å². The first-order valence-electron chi connectivity index (χ1n) is 8.72. The number of imide groups is 1. The molecule has 0 spiro atoms. The predicted molar refractivity (Wildman–Crippen MR) is 111 cm³/mol. The second-order valence-corrected chi connectivity index (χ2v) is 8.03. The molecule has 4 rings (SSSR count). The third-order valence-electron chi connectivity index (χ3n) is 4.65. The molecule has 29 heavy (non-hydrogen) atoms. The molecule has 8 nitrogen and oxygen atoms in total. The number of carbonyl (C=O) groups is 3. The minimum Gasteiger partial charge on any atom is -0.323 e. The van der Waals surface area contributed by atoms with Crippen LogP contribution in [0.3, 0.4) is 0 Å². The number of halogens is 2. The molecule has 0 saturated carbocycles. The van der Waals surface area contributed by atoms with Crippen LogP contribution in [0.15, 0.2) is 57.3 Å². The Hall–Kier alpha value is -2.78. The van der Waals surface area contributed by atoms with Gasteiger partial charge in [-0.3, -0.25) is 19.4 Å². The summed E-state index contributed by atoms with van der Waals surface area (Å²) in [4.78, 5) is 39.1. The van der Waals surface area contributed by atoms with E-state index in [0.29, 0.717) is 16.4 Å². The molecule has 0 radical (unpaired) electrons. The van der Waals surface area contributed by atoms with Crippen LogP contribution in [0.4, 0.5) is 11.4 Å². The number of hydrogen-bond donors (Lipinski definition) is 1. The van der Waals surface area contributed by atoms with Gasteiger partial charge in [0.25, 0.3) is 11.8 Å². The number of anilines is 2. The molecule has 0 unspecified atom stereocenters. The zero-order chi connectivity index (χ0) is 20.7. The Labute approximate surface area is 179 Å². The summed E-state index contributed by atoms with van der Waals surface area (Å²) in [7, 11) is 0. The van der Waals surface area contributed by atoms with Gasteiger partial charge in [0, 0.05) is 4.47 Å². The molecule has 2 aliphatic heterocycles. The van der Waals surface area contributed by atoms with E-state index in [1.807, 2.05) is 13.0 Å². The van der Waals surface area contributed by atoms with Gasteiger partial charge in [0.1, 0.15) is 6.54 Å². The lowest BCUT2D eigenvalue weighted by Gasteiger charge is -2.20. The normalized spacial score (nSPS) is 20.4. The molecule has 2 atom stereocenters. The number of carbonyl (C=O) groups excluding carboxylic acids is 3. The first-order valence-corrected chi connectivity index (χ1v) is 9.89. The number of amides is 3. The van der Waals surface area contributed by atoms with E-state index in [1.54, 1.807) is 36.4 Å². The summed E-state index contributed by atoms with van der Waals surface area (Å²) in [6.07, 6.45) is 0. The summed E-state index contributed by atoms with van der Waals surface area (Å²) in [6, 6.07) is 10.2. The van der Waals surface area contributed by atoms with Crippen molar-refractivity contribution in [2.75, 3.05) is 16.8 Å². The molecule has 2 aromatic rings. The standard InChI is InChI=1S/C19H15BrClN5O3/c1-10-2-7-14(13(21)8-10)22-15(27)9-25-17-16(23-24-25)18(28)26(19(17)29)12-5-3-11(20)4-6-12/h2-8,16-17H,9H2,1H3,(H,22,27)/t16-,17-/m0/s1. The summed E-state index contributed by atoms with van der Waals surface area (Å²) in [5.74, 6) is -1.35. The molecule has 2 aromatic carbocycles. The fourth-order valence-corrected chi connectivity index (χ4v) is 3.80. The first-order chi connectivity index (χ1) is 13.8. The average Bonchev–Trinajstić information content (AvgIpc) is 3.19. The molecule has 1 N–H and O–H groups in total. The second kappa shape index (κ2) is 7.57. The van der Waals surface area contributed by atoms with Crippen molar-refractivity contribution in [2.45, 2.75) is 19.0 Å². The van der Waals surface area contributed by atoms with Crippen molar-refractivity contribution in [2.24, 2.45) is 10.3 Å². The number of nitrogens with zero attached hydrogens (tertiary/aromatic N) is 4. The van der Waals surface area contributed by atoms with Crippen molar-refractivity contribution in [1.82, 2.24) is 5.01 Å². The van der Waals surface area contributed by atoms with Gasteiger partial charge >= 0.3 is 0 Å². The van der Waals surface area contributed by atoms with Gasteiger partial charge in [0.2, 0.25) is 5.91 Å². The monoisotopic (exact) mass is 475 g/mol. The Morgan fingerprint density at radius 2 is 1.90 bits per heavy atom. The highest BCUT2D eigenvalue weighted by Crippen LogP contribution is 2.32. The lowest BCUT2D eigenvalue weighted by Crippen LogP contribution is -2.43. The van der Waals surface area contributed by atoms with Gasteiger partial charge in [-0.1, -0.05) is 38.8 Å². The Morgan fingerprint density at radius 1 is 1.17 bits per heavy atom. The lowest BCUT2D eigenvalue weighted by atomic mass is 10.1. The average molecular weight is 477 g/mol. The van der Waals surface area contributed by atoms with E-state index >= 15 is 0 Å². The van der Waals surface area contributed by atoms with Gasteiger partial charge in [-0.25, -0.2) is 4.90 Å². The molecular formula is C19H15BrClN5O3. The third kappa shape index (κ3) is 3.63. The van der Waals surface area contributed by atoms with Gasteiger partial charge in [-0.15, -0.1) is 0 Å². The van der Waals surface area contributed by atoms with E-state index in [-0.39, 0.29) is 6.54 Å². The van der Waals surface area contributed by atoms with E-state index in [9.17, 15) is 14.4 Å². The van der Waals surface area contributed by atoms with Crippen LogP contribution in [0, 0.1) is 6.92 Å². The zero-order valence-electron chi connectivity index (χ0n) is 15.2. The summed E-state index contributed by atoms with van der Waals surface area (Å²) in [6.45, 7) is 1.66. The summed E-state index contributed by atoms with van der Waals surface area (Å²) >= 11 is 9.46. The van der Waals surface area contributed by atoms with Crippen molar-refractivity contribution >= 4 is 56.6 Å². The molecule has 0 aliphatic carbocycles. The number of nitrogens with one attached hydrogen (secondary N) is 1. The Kier molecular flexibility index (Phi) is 5.10. The molecule has 1 fully saturated rings. The quantitative estimate of drug-likeness (QED) is 0.685. The van der Waals surface area contributed by atoms with Crippen LogP contribution in [-0.2, 0) is 14.4 Å². The predicted octanol–water partition coefficient (Wildman–Crippen LogP) is 3.34. The third-order valence-corrected chi connectivity index (χ3v) is 5.49. The van der Waals surface area contributed by atoms with E-state index < -0.39 is 29.8 Å². The van der Waals surface area contributed by atoms with E-state index in [2.05, 4.69) is 31.6 Å². The van der Waals surface area contributed by atoms with E-state index in [1.165, 1.54) is 5.01 Å². The fraction of sp³-hybridized carbons (Fsp3) is 0.211. The van der Waals surface area contributed by atoms with Crippen LogP contribution in [0.2, 0.25) is 5.02 Å². The van der Waals surface area contributed by atoms with E-state index in [0.717, 1.165) is 14.9 Å². The van der Waals surface area contributed by atoms with Crippen LogP contribution in [0.25, 0.3) is 0 Å². The van der Waals surface area contributed by atoms with Crippen LogP contribution in [0.5, 0.6) is 0 Å². The molecular weight excluding hydrogens is 462 g/mol. The minimum atomic E-state index is -0.957. The highest BCUT2D eigenvalue weighted by Gasteiger charge is 2.55. The molecule has 3 amide bonds. The SMILES string of the molecule is Cc1ccc(NC(=O)CN2N=N[C@@H]3C(=O)N(c4ccc(Br)cc4)C(=O)[C@H]32)c(Cl)c1. The van der Waals surface area contributed by atoms with Crippen molar-refractivity contribution in [3.05, 3.63) is 57.5 Å². The van der Waals surface area contributed by atoms with Crippen molar-refractivity contribution in [3.63, 3.8) is 0 Å². The summed E-state index contributed by atoms with van der Waals surface area (Å²) < 4.78 is 0.827. The van der Waals surface area contributed by atoms with Crippen molar-refractivity contribution in [3.8, 4) is 0 Å². The lowest BCUT2D eigenvalue weighted by molar-refractivity contribution is -0.123. The summed E-state index contributed by atoms with van der Waals surface area (Å²) in [5, 5.41) is 12.1. The molecule has 148 valence electrons. The van der Waals surface area contributed by atoms with Gasteiger partial charge in [-0.2, -0.15) is 5.11 Å². The number of fused-ring (bicyclic) bond motifs is 1. The maximum atomic E-state index is 12.9. The number of aryl methyl sites for hydroxylation is 1. The van der Waals surface area contributed by atoms with E-state index in [4.69, 9.17) is 11.6 Å². The highest BCUT2D eigenvalue weighted by molar-refractivity contribution is 9.10. The Morgan fingerprint density at radius 3 is 2.59 bits per heavy atom. The summed E-state index contributed by atoms with van der Waals surface area (Å²) in [5.41, 5.74) is 1.87. The van der Waals surface area contributed by atoms with Crippen LogP contribution >= 0.6 is 27.5 Å². The molecule has 2 aliphatic rings. The molecule has 0 bridgehead atoms. The maximum Gasteiger partial charge on any atom is 0.263 e.